The molecule has 158 valence electrons. The summed E-state index contributed by atoms with van der Waals surface area (Å²) >= 11 is 0. The van der Waals surface area contributed by atoms with Crippen molar-refractivity contribution in [3.8, 4) is 0 Å². The summed E-state index contributed by atoms with van der Waals surface area (Å²) < 4.78 is 18.1. The van der Waals surface area contributed by atoms with E-state index in [-0.39, 0.29) is 77.3 Å². The Labute approximate surface area is 217 Å². The molecule has 0 aromatic rings. The monoisotopic (exact) mass is 436 g/mol. The van der Waals surface area contributed by atoms with Gasteiger partial charge in [-0.2, -0.15) is 0 Å². The zero-order valence-electron chi connectivity index (χ0n) is 18.1. The molecule has 3 aliphatic heterocycles. The normalized spacial score (nSPS) is 16.9. The topological polar surface area (TPSA) is 134 Å². The molecule has 0 aliphatic carbocycles. The fraction of sp³-hybridized carbons (Fsp3) is 0.722. The third kappa shape index (κ3) is 27.9. The predicted octanol–water partition coefficient (Wildman–Crippen LogP) is -6.15. The van der Waals surface area contributed by atoms with Gasteiger partial charge in [-0.25, -0.2) is 4.79 Å². The molecule has 0 aromatic carbocycles. The molecule has 0 spiro atoms. The van der Waals surface area contributed by atoms with Crippen LogP contribution in [0.5, 0.6) is 0 Å². The van der Waals surface area contributed by atoms with Crippen LogP contribution in [0.25, 0.3) is 0 Å². The maximum atomic E-state index is 10.3. The van der Waals surface area contributed by atoms with Gasteiger partial charge in [-0.3, -0.25) is 9.59 Å². The van der Waals surface area contributed by atoms with Gasteiger partial charge < -0.3 is 29.2 Å². The van der Waals surface area contributed by atoms with Crippen LogP contribution in [-0.2, 0) is 33.3 Å². The van der Waals surface area contributed by atoms with E-state index in [1.165, 1.54) is 12.8 Å². The van der Waals surface area contributed by atoms with Crippen molar-refractivity contribution in [3.05, 3.63) is 11.8 Å². The molecule has 3 aliphatic rings. The van der Waals surface area contributed by atoms with Crippen molar-refractivity contribution in [2.75, 3.05) is 39.6 Å². The molecule has 11 heteroatoms. The summed E-state index contributed by atoms with van der Waals surface area (Å²) in [6, 6.07) is 0. The van der Waals surface area contributed by atoms with Crippen molar-refractivity contribution in [1.29, 1.82) is 0 Å². The van der Waals surface area contributed by atoms with E-state index < -0.39 is 5.97 Å². The molecule has 9 nitrogen and oxygen atoms in total. The van der Waals surface area contributed by atoms with Gasteiger partial charge >= 0.3 is 71.1 Å². The van der Waals surface area contributed by atoms with Crippen LogP contribution in [-0.4, -0.2) is 58.1 Å². The first-order chi connectivity index (χ1) is 13.1. The van der Waals surface area contributed by atoms with Crippen molar-refractivity contribution < 1.29 is 103 Å². The second kappa shape index (κ2) is 30.1. The first-order valence-electron chi connectivity index (χ1n) is 8.92. The number of carbonyl (C=O) groups is 3. The Kier molecular flexibility index (Phi) is 37.6. The number of ether oxygens (including phenoxy) is 4. The molecule has 0 aromatic heterocycles. The zero-order valence-corrected chi connectivity index (χ0v) is 22.1. The Bertz CT molecular complexity index is 399. The minimum absolute atomic E-state index is 0. The van der Waals surface area contributed by atoms with Crippen LogP contribution in [0.3, 0.4) is 0 Å². The number of rotatable bonds is 2. The van der Waals surface area contributed by atoms with Gasteiger partial charge in [0.05, 0.1) is 19.8 Å². The summed E-state index contributed by atoms with van der Waals surface area (Å²) in [7, 11) is 0. The van der Waals surface area contributed by atoms with E-state index in [0.29, 0.717) is 45.4 Å². The molecule has 0 bridgehead atoms. The third-order valence-electron chi connectivity index (χ3n) is 2.86. The van der Waals surface area contributed by atoms with Gasteiger partial charge in [0, 0.05) is 31.6 Å². The summed E-state index contributed by atoms with van der Waals surface area (Å²) in [4.78, 5) is 29.5. The summed E-state index contributed by atoms with van der Waals surface area (Å²) in [6.45, 7) is 7.24. The van der Waals surface area contributed by atoms with Crippen LogP contribution in [0.4, 0.5) is 0 Å². The van der Waals surface area contributed by atoms with E-state index >= 15 is 0 Å². The summed E-state index contributed by atoms with van der Waals surface area (Å²) in [6.07, 6.45) is 5.12. The van der Waals surface area contributed by atoms with Gasteiger partial charge in [-0.15, -0.1) is 12.9 Å². The molecule has 3 rings (SSSR count). The quantitative estimate of drug-likeness (QED) is 0.103. The van der Waals surface area contributed by atoms with Gasteiger partial charge in [0.2, 0.25) is 0 Å². The van der Waals surface area contributed by atoms with Gasteiger partial charge in [-0.05, 0) is 26.2 Å². The van der Waals surface area contributed by atoms with Gasteiger partial charge in [-0.1, -0.05) is 6.92 Å². The largest absolute Gasteiger partial charge is 1.00 e. The van der Waals surface area contributed by atoms with Crippen LogP contribution < -0.4 is 69.3 Å². The first kappa shape index (κ1) is 36.3. The predicted molar refractivity (Wildman–Crippen MR) is 92.1 cm³/mol. The third-order valence-corrected chi connectivity index (χ3v) is 2.86. The molecule has 0 atom stereocenters. The van der Waals surface area contributed by atoms with Crippen molar-refractivity contribution in [3.63, 3.8) is 0 Å². The Hall–Kier alpha value is -0.130. The van der Waals surface area contributed by atoms with E-state index in [1.54, 1.807) is 13.8 Å². The van der Waals surface area contributed by atoms with Crippen LogP contribution >= 0.6 is 0 Å². The second-order valence-corrected chi connectivity index (χ2v) is 5.01. The average Bonchev–Trinajstić information content (AvgIpc) is 3.42. The first-order valence-corrected chi connectivity index (χ1v) is 8.92. The number of cyclic esters (lactones) is 2. The van der Waals surface area contributed by atoms with Gasteiger partial charge in [0.25, 0.3) is 6.47 Å². The summed E-state index contributed by atoms with van der Waals surface area (Å²) in [5.74, 6) is -0.505. The van der Waals surface area contributed by atoms with E-state index in [1.807, 2.05) is 0 Å². The maximum Gasteiger partial charge on any atom is 1.00 e. The van der Waals surface area contributed by atoms with E-state index in [4.69, 9.17) is 9.84 Å². The Morgan fingerprint density at radius 1 is 0.966 bits per heavy atom. The van der Waals surface area contributed by atoms with Crippen LogP contribution in [0.2, 0.25) is 0 Å². The van der Waals surface area contributed by atoms with E-state index in [0.717, 1.165) is 19.6 Å². The molecule has 0 unspecified atom stereocenters. The van der Waals surface area contributed by atoms with Crippen molar-refractivity contribution in [1.82, 2.24) is 0 Å². The Morgan fingerprint density at radius 3 is 1.69 bits per heavy atom. The molecule has 0 radical (unpaired) electrons. The molecule has 0 amide bonds. The molecule has 0 N–H and O–H groups in total. The maximum absolute atomic E-state index is 10.3. The standard InChI is InChI=1S/C5H6O3.C4H6O2.C4H8O.C3H6O2.C2H5O.2Na/c6-3-4-1-2-8-5(4)7;5-4-2-1-3-6-4;1-2-4-5-3-1;1-2-5-3-4;1-2-3;;/h3,6H,1-2H2;1-3H2;1-4H2;3H,2H2,1H3;2H2,1H3;;/q;;;;-1;2*+1/p-1/b4-3-;;;;;;. The van der Waals surface area contributed by atoms with Crippen LogP contribution in [0.1, 0.15) is 46.0 Å². The second-order valence-electron chi connectivity index (χ2n) is 5.01. The van der Waals surface area contributed by atoms with Crippen LogP contribution in [0, 0.1) is 0 Å². The molecular weight excluding hydrogens is 406 g/mol. The minimum Gasteiger partial charge on any atom is -0.878 e. The zero-order chi connectivity index (χ0) is 20.8. The molecule has 3 fully saturated rings. The van der Waals surface area contributed by atoms with Crippen molar-refractivity contribution in [2.24, 2.45) is 0 Å². The van der Waals surface area contributed by atoms with Crippen molar-refractivity contribution >= 4 is 18.4 Å². The van der Waals surface area contributed by atoms with Gasteiger partial charge in [0.15, 0.2) is 0 Å². The molecule has 3 heterocycles. The number of carbonyl (C=O) groups excluding carboxylic acids is 3. The number of hydrogen-bond donors (Lipinski definition) is 0. The SMILES string of the molecule is C1CCOC1.CCOC=O.CC[O-].O=C1CCCO1.O=C1OCC/C1=C/[O-].[Na+].[Na+]. The Morgan fingerprint density at radius 2 is 1.55 bits per heavy atom. The fourth-order valence-corrected chi connectivity index (χ4v) is 1.61. The van der Waals surface area contributed by atoms with Crippen molar-refractivity contribution in [2.45, 2.75) is 46.0 Å². The average molecular weight is 436 g/mol. The van der Waals surface area contributed by atoms with Crippen LogP contribution in [0.15, 0.2) is 11.8 Å². The molecule has 0 saturated carbocycles. The smallest absolute Gasteiger partial charge is 0.878 e. The van der Waals surface area contributed by atoms with E-state index in [2.05, 4.69) is 14.2 Å². The van der Waals surface area contributed by atoms with E-state index in [9.17, 15) is 19.5 Å². The summed E-state index contributed by atoms with van der Waals surface area (Å²) in [5.41, 5.74) is 0.255. The fourth-order valence-electron chi connectivity index (χ4n) is 1.61. The molecule has 3 saturated heterocycles. The number of hydrogen-bond acceptors (Lipinski definition) is 9. The molecule has 29 heavy (non-hydrogen) atoms. The number of esters is 2. The summed E-state index contributed by atoms with van der Waals surface area (Å²) in [5, 5.41) is 18.8. The van der Waals surface area contributed by atoms with Gasteiger partial charge in [0.1, 0.15) is 0 Å². The minimum atomic E-state index is -0.458. The molecular formula is C18H30Na2O9. The Balaban J connectivity index is -0.000000137.